The first-order valence-electron chi connectivity index (χ1n) is 6.16. The van der Waals surface area contributed by atoms with Crippen LogP contribution in [-0.4, -0.2) is 22.2 Å². The van der Waals surface area contributed by atoms with Crippen molar-refractivity contribution in [3.63, 3.8) is 0 Å². The summed E-state index contributed by atoms with van der Waals surface area (Å²) in [5.74, 6) is 2.11. The molecule has 1 heterocycles. The second kappa shape index (κ2) is 5.41. The molecule has 2 atom stereocenters. The van der Waals surface area contributed by atoms with Crippen molar-refractivity contribution in [1.29, 1.82) is 0 Å². The van der Waals surface area contributed by atoms with E-state index in [-0.39, 0.29) is 6.10 Å². The smallest absolute Gasteiger partial charge is 0.0661 e. The molecule has 0 bridgehead atoms. The van der Waals surface area contributed by atoms with Gasteiger partial charge in [0.25, 0.3) is 0 Å². The van der Waals surface area contributed by atoms with E-state index in [2.05, 4.69) is 0 Å². The average Bonchev–Trinajstić information content (AvgIpc) is 2.72. The van der Waals surface area contributed by atoms with Crippen LogP contribution < -0.4 is 0 Å². The Bertz CT molecular complexity index is 160. The molecule has 2 heteroatoms. The minimum atomic E-state index is -0.0107. The highest BCUT2D eigenvalue weighted by Crippen LogP contribution is 2.34. The molecule has 1 N–H and O–H groups in total. The van der Waals surface area contributed by atoms with Gasteiger partial charge < -0.3 is 5.11 Å². The highest BCUT2D eigenvalue weighted by molar-refractivity contribution is 8.00. The Labute approximate surface area is 91.7 Å². The van der Waals surface area contributed by atoms with Crippen LogP contribution in [0.3, 0.4) is 0 Å². The molecule has 1 aliphatic carbocycles. The van der Waals surface area contributed by atoms with E-state index in [4.69, 9.17) is 0 Å². The normalized spacial score (nSPS) is 31.9. The zero-order valence-corrected chi connectivity index (χ0v) is 9.77. The molecule has 0 aromatic rings. The fourth-order valence-electron chi connectivity index (χ4n) is 2.81. The van der Waals surface area contributed by atoms with E-state index in [1.807, 2.05) is 11.8 Å². The second-order valence-corrected chi connectivity index (χ2v) is 6.21. The van der Waals surface area contributed by atoms with E-state index in [0.29, 0.717) is 5.25 Å². The quantitative estimate of drug-likeness (QED) is 0.778. The number of aliphatic hydroxyl groups excluding tert-OH is 1. The summed E-state index contributed by atoms with van der Waals surface area (Å²) in [6, 6.07) is 0. The molecule has 0 radical (unpaired) electrons. The lowest BCUT2D eigenvalue weighted by Gasteiger charge is -2.27. The predicted molar refractivity (Wildman–Crippen MR) is 62.7 cm³/mol. The maximum Gasteiger partial charge on any atom is 0.0661 e. The van der Waals surface area contributed by atoms with Crippen LogP contribution in [0.4, 0.5) is 0 Å². The molecule has 1 saturated heterocycles. The molecule has 1 nitrogen and oxygen atoms in total. The number of rotatable bonds is 3. The van der Waals surface area contributed by atoms with Crippen molar-refractivity contribution in [3.05, 3.63) is 0 Å². The maximum atomic E-state index is 10.1. The van der Waals surface area contributed by atoms with Crippen molar-refractivity contribution in [2.45, 2.75) is 62.7 Å². The van der Waals surface area contributed by atoms with Crippen molar-refractivity contribution >= 4 is 11.8 Å². The van der Waals surface area contributed by atoms with E-state index in [1.54, 1.807) is 0 Å². The summed E-state index contributed by atoms with van der Waals surface area (Å²) >= 11 is 2.00. The maximum absolute atomic E-state index is 10.1. The third-order valence-corrected chi connectivity index (χ3v) is 5.20. The molecule has 2 rings (SSSR count). The second-order valence-electron chi connectivity index (χ2n) is 4.86. The summed E-state index contributed by atoms with van der Waals surface area (Å²) in [7, 11) is 0. The largest absolute Gasteiger partial charge is 0.392 e. The van der Waals surface area contributed by atoms with E-state index in [0.717, 1.165) is 12.3 Å². The zero-order valence-electron chi connectivity index (χ0n) is 8.95. The Morgan fingerprint density at radius 2 is 1.79 bits per heavy atom. The minimum absolute atomic E-state index is 0.0107. The van der Waals surface area contributed by atoms with Gasteiger partial charge in [0.2, 0.25) is 0 Å². The number of hydrogen-bond donors (Lipinski definition) is 1. The lowest BCUT2D eigenvalue weighted by atomic mass is 9.96. The van der Waals surface area contributed by atoms with Crippen molar-refractivity contribution < 1.29 is 5.11 Å². The molecule has 0 aromatic heterocycles. The molecular weight excluding hydrogens is 192 g/mol. The first-order chi connectivity index (χ1) is 6.86. The average molecular weight is 214 g/mol. The van der Waals surface area contributed by atoms with Gasteiger partial charge in [-0.05, 0) is 30.9 Å². The van der Waals surface area contributed by atoms with Crippen LogP contribution in [0.2, 0.25) is 0 Å². The van der Waals surface area contributed by atoms with Gasteiger partial charge in [-0.1, -0.05) is 32.1 Å². The SMILES string of the molecule is OC(CC1CCCC1)C1CCCCS1. The molecular formula is C12H22OS. The van der Waals surface area contributed by atoms with Crippen molar-refractivity contribution in [2.24, 2.45) is 5.92 Å². The Hall–Kier alpha value is 0.310. The zero-order chi connectivity index (χ0) is 9.80. The van der Waals surface area contributed by atoms with Crippen molar-refractivity contribution in [2.75, 3.05) is 5.75 Å². The van der Waals surface area contributed by atoms with Gasteiger partial charge in [0.05, 0.1) is 6.10 Å². The summed E-state index contributed by atoms with van der Waals surface area (Å²) in [5.41, 5.74) is 0. The third-order valence-electron chi connectivity index (χ3n) is 3.69. The van der Waals surface area contributed by atoms with Crippen LogP contribution in [0, 0.1) is 5.92 Å². The van der Waals surface area contributed by atoms with E-state index >= 15 is 0 Å². The van der Waals surface area contributed by atoms with Gasteiger partial charge in [-0.15, -0.1) is 0 Å². The number of aliphatic hydroxyl groups is 1. The van der Waals surface area contributed by atoms with Gasteiger partial charge >= 0.3 is 0 Å². The van der Waals surface area contributed by atoms with Crippen molar-refractivity contribution in [3.8, 4) is 0 Å². The monoisotopic (exact) mass is 214 g/mol. The summed E-state index contributed by atoms with van der Waals surface area (Å²) in [5, 5.41) is 10.7. The van der Waals surface area contributed by atoms with Crippen molar-refractivity contribution in [1.82, 2.24) is 0 Å². The standard InChI is InChI=1S/C12H22OS/c13-11(9-10-5-1-2-6-10)12-7-3-4-8-14-12/h10-13H,1-9H2. The number of hydrogen-bond acceptors (Lipinski definition) is 2. The van der Waals surface area contributed by atoms with Gasteiger partial charge in [-0.25, -0.2) is 0 Å². The Balaban J connectivity index is 1.72. The third kappa shape index (κ3) is 2.90. The van der Waals surface area contributed by atoms with Crippen LogP contribution in [0.15, 0.2) is 0 Å². The molecule has 1 saturated carbocycles. The summed E-state index contributed by atoms with van der Waals surface area (Å²) in [6.07, 6.45) is 10.5. The molecule has 82 valence electrons. The summed E-state index contributed by atoms with van der Waals surface area (Å²) in [4.78, 5) is 0. The lowest BCUT2D eigenvalue weighted by molar-refractivity contribution is 0.135. The highest BCUT2D eigenvalue weighted by Gasteiger charge is 2.26. The molecule has 1 aliphatic heterocycles. The minimum Gasteiger partial charge on any atom is -0.392 e. The molecule has 2 unspecified atom stereocenters. The number of thioether (sulfide) groups is 1. The molecule has 0 aromatic carbocycles. The Morgan fingerprint density at radius 3 is 2.43 bits per heavy atom. The van der Waals surface area contributed by atoms with E-state index in [9.17, 15) is 5.11 Å². The van der Waals surface area contributed by atoms with Crippen LogP contribution in [0.1, 0.15) is 51.4 Å². The Morgan fingerprint density at radius 1 is 1.07 bits per heavy atom. The van der Waals surface area contributed by atoms with Crippen LogP contribution in [-0.2, 0) is 0 Å². The summed E-state index contributed by atoms with van der Waals surface area (Å²) < 4.78 is 0. The van der Waals surface area contributed by atoms with E-state index < -0.39 is 0 Å². The molecule has 0 spiro atoms. The fraction of sp³-hybridized carbons (Fsp3) is 1.00. The lowest BCUT2D eigenvalue weighted by Crippen LogP contribution is -2.27. The van der Waals surface area contributed by atoms with Crippen LogP contribution in [0.5, 0.6) is 0 Å². The van der Waals surface area contributed by atoms with Gasteiger partial charge in [-0.2, -0.15) is 11.8 Å². The van der Waals surface area contributed by atoms with Gasteiger partial charge in [0.1, 0.15) is 0 Å². The molecule has 2 fully saturated rings. The first kappa shape index (κ1) is 10.8. The fourth-order valence-corrected chi connectivity index (χ4v) is 4.15. The van der Waals surface area contributed by atoms with Crippen LogP contribution >= 0.6 is 11.8 Å². The highest BCUT2D eigenvalue weighted by atomic mass is 32.2. The molecule has 14 heavy (non-hydrogen) atoms. The van der Waals surface area contributed by atoms with Gasteiger partial charge in [0.15, 0.2) is 0 Å². The topological polar surface area (TPSA) is 20.2 Å². The van der Waals surface area contributed by atoms with Crippen LogP contribution in [0.25, 0.3) is 0 Å². The van der Waals surface area contributed by atoms with Gasteiger partial charge in [-0.3, -0.25) is 0 Å². The predicted octanol–water partition coefficient (Wildman–Crippen LogP) is 3.21. The van der Waals surface area contributed by atoms with Gasteiger partial charge in [0, 0.05) is 5.25 Å². The molecule has 0 amide bonds. The first-order valence-corrected chi connectivity index (χ1v) is 7.21. The Kier molecular flexibility index (Phi) is 4.18. The van der Waals surface area contributed by atoms with E-state index in [1.165, 1.54) is 50.7 Å². The summed E-state index contributed by atoms with van der Waals surface area (Å²) in [6.45, 7) is 0. The molecule has 2 aliphatic rings.